The molecule has 1 aromatic carbocycles. The lowest BCUT2D eigenvalue weighted by atomic mass is 10.1. The monoisotopic (exact) mass is 331 g/mol. The number of halogens is 1. The lowest BCUT2D eigenvalue weighted by molar-refractivity contribution is -0.141. The zero-order valence-corrected chi connectivity index (χ0v) is 13.5. The Morgan fingerprint density at radius 1 is 1.00 bits per heavy atom. The van der Waals surface area contributed by atoms with E-state index in [4.69, 9.17) is 9.47 Å². The van der Waals surface area contributed by atoms with Crippen LogP contribution in [-0.4, -0.2) is 25.2 Å². The molecule has 126 valence electrons. The average Bonchev–Trinajstić information content (AvgIpc) is 2.79. The highest BCUT2D eigenvalue weighted by Crippen LogP contribution is 2.26. The van der Waals surface area contributed by atoms with Crippen molar-refractivity contribution in [1.29, 1.82) is 0 Å². The van der Waals surface area contributed by atoms with E-state index in [2.05, 4.69) is 0 Å². The van der Waals surface area contributed by atoms with E-state index >= 15 is 0 Å². The Morgan fingerprint density at radius 2 is 1.62 bits per heavy atom. The van der Waals surface area contributed by atoms with Crippen LogP contribution >= 0.6 is 0 Å². The number of esters is 2. The quantitative estimate of drug-likeness (QED) is 0.776. The van der Waals surface area contributed by atoms with E-state index in [0.29, 0.717) is 5.69 Å². The third-order valence-electron chi connectivity index (χ3n) is 3.17. The van der Waals surface area contributed by atoms with Crippen LogP contribution in [0.1, 0.15) is 13.8 Å². The topological polar surface area (TPSA) is 55.8 Å². The Bertz CT molecular complexity index is 704. The number of carbonyl (C=O) groups excluding carboxylic acids is 2. The maximum atomic E-state index is 13.2. The summed E-state index contributed by atoms with van der Waals surface area (Å²) in [5.74, 6) is -1.70. The molecule has 5 nitrogen and oxygen atoms in total. The number of hydrogen-bond donors (Lipinski definition) is 0. The summed E-state index contributed by atoms with van der Waals surface area (Å²) in [6, 6.07) is 5.56. The Kier molecular flexibility index (Phi) is 5.89. The molecule has 6 heteroatoms. The van der Waals surface area contributed by atoms with Gasteiger partial charge in [0.15, 0.2) is 0 Å². The molecule has 1 heterocycles. The van der Waals surface area contributed by atoms with Gasteiger partial charge in [0, 0.05) is 11.9 Å². The molecule has 0 N–H and O–H groups in total. The third kappa shape index (κ3) is 3.90. The summed E-state index contributed by atoms with van der Waals surface area (Å²) in [6.07, 6.45) is 6.37. The molecule has 0 bridgehead atoms. The lowest BCUT2D eigenvalue weighted by Crippen LogP contribution is -2.27. The van der Waals surface area contributed by atoms with E-state index in [9.17, 15) is 14.0 Å². The Balaban J connectivity index is 2.57. The molecule has 24 heavy (non-hydrogen) atoms. The largest absolute Gasteiger partial charge is 0.462 e. The maximum absolute atomic E-state index is 13.2. The summed E-state index contributed by atoms with van der Waals surface area (Å²) in [5, 5.41) is 0. The van der Waals surface area contributed by atoms with Crippen molar-refractivity contribution in [3.63, 3.8) is 0 Å². The number of allylic oxidation sites excluding steroid dienone is 2. The number of anilines is 1. The van der Waals surface area contributed by atoms with Crippen LogP contribution in [0.3, 0.4) is 0 Å². The number of hydrogen-bond acceptors (Lipinski definition) is 5. The molecule has 0 aromatic heterocycles. The van der Waals surface area contributed by atoms with Gasteiger partial charge in [0.25, 0.3) is 0 Å². The standard InChI is InChI=1S/C18H18FNO4/c1-3-23-17(21)15-7-5-6-12-20(16(15)18(22)24-4-2)14-10-8-13(19)9-11-14/h5-12H,3-4H2,1-2H3. The molecule has 0 radical (unpaired) electrons. The second-order valence-corrected chi connectivity index (χ2v) is 4.75. The van der Waals surface area contributed by atoms with E-state index in [1.165, 1.54) is 35.2 Å². The van der Waals surface area contributed by atoms with Crippen LogP contribution in [0.5, 0.6) is 0 Å². The number of ether oxygens (including phenoxy) is 2. The smallest absolute Gasteiger partial charge is 0.356 e. The van der Waals surface area contributed by atoms with Crippen LogP contribution in [0.2, 0.25) is 0 Å². The van der Waals surface area contributed by atoms with Gasteiger partial charge in [0.05, 0.1) is 18.8 Å². The molecule has 1 aromatic rings. The first-order valence-electron chi connectivity index (χ1n) is 7.56. The highest BCUT2D eigenvalue weighted by Gasteiger charge is 2.27. The van der Waals surface area contributed by atoms with Gasteiger partial charge in [-0.15, -0.1) is 0 Å². The molecule has 1 aliphatic rings. The Hall–Kier alpha value is -2.89. The zero-order chi connectivity index (χ0) is 17.5. The predicted molar refractivity (Wildman–Crippen MR) is 87.5 cm³/mol. The minimum absolute atomic E-state index is 0.0203. The lowest BCUT2D eigenvalue weighted by Gasteiger charge is -2.23. The van der Waals surface area contributed by atoms with E-state index in [0.717, 1.165) is 0 Å². The molecule has 0 aliphatic carbocycles. The summed E-state index contributed by atoms with van der Waals surface area (Å²) >= 11 is 0. The van der Waals surface area contributed by atoms with E-state index in [1.54, 1.807) is 32.2 Å². The first kappa shape index (κ1) is 17.5. The molecule has 0 atom stereocenters. The van der Waals surface area contributed by atoms with Gasteiger partial charge in [0.2, 0.25) is 0 Å². The first-order valence-corrected chi connectivity index (χ1v) is 7.56. The summed E-state index contributed by atoms with van der Waals surface area (Å²) in [4.78, 5) is 26.2. The van der Waals surface area contributed by atoms with Crippen molar-refractivity contribution in [2.45, 2.75) is 13.8 Å². The second kappa shape index (κ2) is 8.10. The molecule has 0 saturated carbocycles. The van der Waals surface area contributed by atoms with Gasteiger partial charge in [-0.3, -0.25) is 0 Å². The number of nitrogens with zero attached hydrogens (tertiary/aromatic N) is 1. The van der Waals surface area contributed by atoms with Crippen molar-refractivity contribution in [2.75, 3.05) is 18.1 Å². The highest BCUT2D eigenvalue weighted by atomic mass is 19.1. The van der Waals surface area contributed by atoms with Gasteiger partial charge in [-0.05, 0) is 50.3 Å². The molecular weight excluding hydrogens is 313 g/mol. The SMILES string of the molecule is CCOC(=O)C1=C(C(=O)OCC)N(c2ccc(F)cc2)C=CC=C1. The van der Waals surface area contributed by atoms with Crippen molar-refractivity contribution >= 4 is 17.6 Å². The second-order valence-electron chi connectivity index (χ2n) is 4.75. The average molecular weight is 331 g/mol. The van der Waals surface area contributed by atoms with Crippen molar-refractivity contribution in [2.24, 2.45) is 0 Å². The summed E-state index contributed by atoms with van der Waals surface area (Å²) in [7, 11) is 0. The Labute approximate surface area is 139 Å². The molecule has 2 rings (SSSR count). The van der Waals surface area contributed by atoms with Crippen LogP contribution in [-0.2, 0) is 19.1 Å². The van der Waals surface area contributed by atoms with E-state index in [1.807, 2.05) is 0 Å². The van der Waals surface area contributed by atoms with Gasteiger partial charge in [0.1, 0.15) is 11.5 Å². The fraction of sp³-hybridized carbons (Fsp3) is 0.222. The number of benzene rings is 1. The van der Waals surface area contributed by atoms with Crippen molar-refractivity contribution in [3.05, 3.63) is 65.8 Å². The fourth-order valence-corrected chi connectivity index (χ4v) is 2.17. The van der Waals surface area contributed by atoms with Crippen LogP contribution in [0.25, 0.3) is 0 Å². The fourth-order valence-electron chi connectivity index (χ4n) is 2.17. The molecule has 0 amide bonds. The molecule has 0 unspecified atom stereocenters. The Morgan fingerprint density at radius 3 is 2.25 bits per heavy atom. The predicted octanol–water partition coefficient (Wildman–Crippen LogP) is 3.10. The number of rotatable bonds is 5. The van der Waals surface area contributed by atoms with Crippen LogP contribution in [0, 0.1) is 5.82 Å². The third-order valence-corrected chi connectivity index (χ3v) is 3.17. The van der Waals surface area contributed by atoms with E-state index in [-0.39, 0.29) is 24.5 Å². The summed E-state index contributed by atoms with van der Waals surface area (Å²) in [6.45, 7) is 3.69. The van der Waals surface area contributed by atoms with Crippen LogP contribution in [0.4, 0.5) is 10.1 Å². The van der Waals surface area contributed by atoms with Gasteiger partial charge < -0.3 is 14.4 Å². The minimum atomic E-state index is -0.666. The molecule has 0 spiro atoms. The van der Waals surface area contributed by atoms with Gasteiger partial charge in [-0.25, -0.2) is 14.0 Å². The van der Waals surface area contributed by atoms with Crippen molar-refractivity contribution in [3.8, 4) is 0 Å². The van der Waals surface area contributed by atoms with Crippen molar-refractivity contribution in [1.82, 2.24) is 0 Å². The van der Waals surface area contributed by atoms with Crippen LogP contribution in [0.15, 0.2) is 60.0 Å². The zero-order valence-electron chi connectivity index (χ0n) is 13.5. The molecule has 0 fully saturated rings. The highest BCUT2D eigenvalue weighted by molar-refractivity contribution is 6.05. The summed E-state index contributed by atoms with van der Waals surface area (Å²) in [5.41, 5.74) is 0.609. The summed E-state index contributed by atoms with van der Waals surface area (Å²) < 4.78 is 23.3. The molecule has 1 aliphatic heterocycles. The van der Waals surface area contributed by atoms with Gasteiger partial charge in [-0.1, -0.05) is 6.08 Å². The van der Waals surface area contributed by atoms with Gasteiger partial charge in [-0.2, -0.15) is 0 Å². The van der Waals surface area contributed by atoms with Gasteiger partial charge >= 0.3 is 11.9 Å². The number of carbonyl (C=O) groups is 2. The normalized spacial score (nSPS) is 13.7. The maximum Gasteiger partial charge on any atom is 0.356 e. The molecule has 0 saturated heterocycles. The van der Waals surface area contributed by atoms with Crippen LogP contribution < -0.4 is 4.90 Å². The van der Waals surface area contributed by atoms with Crippen molar-refractivity contribution < 1.29 is 23.5 Å². The molecular formula is C18H18FNO4. The first-order chi connectivity index (χ1) is 11.6. The van der Waals surface area contributed by atoms with E-state index < -0.39 is 17.8 Å². The minimum Gasteiger partial charge on any atom is -0.462 e.